The van der Waals surface area contributed by atoms with E-state index in [1.807, 2.05) is 25.1 Å². The molecule has 2 N–H and O–H groups in total. The number of nitrogens with zero attached hydrogens (tertiary/aromatic N) is 1. The van der Waals surface area contributed by atoms with Crippen molar-refractivity contribution in [1.29, 1.82) is 0 Å². The number of benzene rings is 2. The second kappa shape index (κ2) is 6.98. The van der Waals surface area contributed by atoms with E-state index >= 15 is 0 Å². The van der Waals surface area contributed by atoms with Gasteiger partial charge in [-0.3, -0.25) is 0 Å². The van der Waals surface area contributed by atoms with Crippen molar-refractivity contribution in [2.45, 2.75) is 31.6 Å². The number of aromatic nitrogens is 1. The number of ether oxygens (including phenoxy) is 1. The fourth-order valence-electron chi connectivity index (χ4n) is 3.62. The van der Waals surface area contributed by atoms with Gasteiger partial charge in [-0.05, 0) is 55.7 Å². The van der Waals surface area contributed by atoms with Gasteiger partial charge >= 0.3 is 0 Å². The number of nitrogens with one attached hydrogen (secondary N) is 2. The van der Waals surface area contributed by atoms with E-state index in [9.17, 15) is 8.42 Å². The molecule has 4 rings (SSSR count). The molecule has 2 aromatic carbocycles. The monoisotopic (exact) mass is 397 g/mol. The first-order valence-electron chi connectivity index (χ1n) is 9.24. The van der Waals surface area contributed by atoms with E-state index in [4.69, 9.17) is 4.74 Å². The van der Waals surface area contributed by atoms with Gasteiger partial charge in [0.05, 0.1) is 23.4 Å². The second-order valence-corrected chi connectivity index (χ2v) is 8.90. The van der Waals surface area contributed by atoms with Crippen molar-refractivity contribution in [3.05, 3.63) is 59.3 Å². The molecule has 28 heavy (non-hydrogen) atoms. The Bertz CT molecular complexity index is 1160. The van der Waals surface area contributed by atoms with Crippen LogP contribution in [0.4, 0.5) is 0 Å². The summed E-state index contributed by atoms with van der Waals surface area (Å²) in [6.45, 7) is 3.98. The molecule has 1 aliphatic rings. The number of hydrogen-bond donors (Lipinski definition) is 2. The molecule has 0 aliphatic heterocycles. The zero-order chi connectivity index (χ0) is 19.9. The normalized spacial score (nSPS) is 18.2. The number of fused-ring (bicyclic) bond motifs is 3. The van der Waals surface area contributed by atoms with Gasteiger partial charge in [-0.2, -0.15) is 18.4 Å². The van der Waals surface area contributed by atoms with Crippen molar-refractivity contribution in [3.8, 4) is 5.75 Å². The molecule has 0 amide bonds. The van der Waals surface area contributed by atoms with Crippen molar-refractivity contribution < 1.29 is 13.2 Å². The van der Waals surface area contributed by atoms with Gasteiger partial charge in [0.15, 0.2) is 0 Å². The molecule has 0 bridgehead atoms. The number of hydrazone groups is 1. The number of H-pyrrole nitrogens is 1. The molecule has 0 saturated carbocycles. The van der Waals surface area contributed by atoms with E-state index < -0.39 is 10.0 Å². The van der Waals surface area contributed by atoms with Crippen LogP contribution >= 0.6 is 0 Å². The smallest absolute Gasteiger partial charge is 0.276 e. The van der Waals surface area contributed by atoms with E-state index in [0.29, 0.717) is 0 Å². The van der Waals surface area contributed by atoms with Crippen LogP contribution in [0.2, 0.25) is 0 Å². The minimum Gasteiger partial charge on any atom is -0.497 e. The molecule has 1 aromatic heterocycles. The van der Waals surface area contributed by atoms with Gasteiger partial charge in [-0.1, -0.05) is 24.6 Å². The molecule has 0 saturated heterocycles. The average molecular weight is 398 g/mol. The third-order valence-corrected chi connectivity index (χ3v) is 6.51. The first-order valence-corrected chi connectivity index (χ1v) is 10.7. The molecule has 1 aliphatic carbocycles. The highest BCUT2D eigenvalue weighted by atomic mass is 32.2. The first kappa shape index (κ1) is 18.6. The lowest BCUT2D eigenvalue weighted by Crippen LogP contribution is -2.26. The molecule has 3 aromatic rings. The lowest BCUT2D eigenvalue weighted by atomic mass is 9.86. The van der Waals surface area contributed by atoms with Gasteiger partial charge in [-0.15, -0.1) is 0 Å². The van der Waals surface area contributed by atoms with Crippen LogP contribution in [-0.2, 0) is 16.4 Å². The number of rotatable bonds is 4. The quantitative estimate of drug-likeness (QED) is 0.658. The maximum Gasteiger partial charge on any atom is 0.276 e. The Hall–Kier alpha value is -2.80. The van der Waals surface area contributed by atoms with Crippen LogP contribution in [0.3, 0.4) is 0 Å². The van der Waals surface area contributed by atoms with Gasteiger partial charge in [-0.25, -0.2) is 0 Å². The Morgan fingerprint density at radius 1 is 1.18 bits per heavy atom. The minimum atomic E-state index is -3.71. The Balaban J connectivity index is 1.73. The standard InChI is InChI=1S/C21H23N3O3S/c1-13-4-8-16(9-5-13)28(25,26)24-23-20-14(2)6-10-17-18-12-15(27-3)7-11-19(18)22-21(17)20/h4-5,7-9,11-12,14,22,24H,6,10H2,1-3H3/b23-20-. The van der Waals surface area contributed by atoms with E-state index in [2.05, 4.69) is 21.8 Å². The first-order chi connectivity index (χ1) is 13.4. The van der Waals surface area contributed by atoms with Gasteiger partial charge in [0.1, 0.15) is 5.75 Å². The number of hydrogen-bond acceptors (Lipinski definition) is 4. The molecule has 1 atom stereocenters. The highest BCUT2D eigenvalue weighted by molar-refractivity contribution is 7.89. The van der Waals surface area contributed by atoms with Crippen molar-refractivity contribution >= 4 is 26.6 Å². The molecule has 0 spiro atoms. The van der Waals surface area contributed by atoms with Gasteiger partial charge < -0.3 is 9.72 Å². The Labute approximate surface area is 164 Å². The van der Waals surface area contributed by atoms with Crippen molar-refractivity contribution in [3.63, 3.8) is 0 Å². The van der Waals surface area contributed by atoms with Gasteiger partial charge in [0.25, 0.3) is 10.0 Å². The molecule has 1 unspecified atom stereocenters. The van der Waals surface area contributed by atoms with Crippen molar-refractivity contribution in [1.82, 2.24) is 9.82 Å². The fraction of sp³-hybridized carbons (Fsp3) is 0.286. The zero-order valence-electron chi connectivity index (χ0n) is 16.1. The summed E-state index contributed by atoms with van der Waals surface area (Å²) in [5.74, 6) is 0.940. The lowest BCUT2D eigenvalue weighted by molar-refractivity contribution is 0.415. The average Bonchev–Trinajstić information content (AvgIpc) is 3.05. The topological polar surface area (TPSA) is 83.5 Å². The predicted octanol–water partition coefficient (Wildman–Crippen LogP) is 3.75. The Morgan fingerprint density at radius 2 is 1.93 bits per heavy atom. The second-order valence-electron chi connectivity index (χ2n) is 7.23. The summed E-state index contributed by atoms with van der Waals surface area (Å²) in [7, 11) is -2.07. The Morgan fingerprint density at radius 3 is 2.64 bits per heavy atom. The molecule has 6 nitrogen and oxygen atoms in total. The summed E-state index contributed by atoms with van der Waals surface area (Å²) in [4.78, 5) is 6.03. The fourth-order valence-corrected chi connectivity index (χ4v) is 4.44. The molecular weight excluding hydrogens is 374 g/mol. The number of aryl methyl sites for hydroxylation is 2. The summed E-state index contributed by atoms with van der Waals surface area (Å²) in [6.07, 6.45) is 1.82. The third-order valence-electron chi connectivity index (χ3n) is 5.28. The van der Waals surface area contributed by atoms with Crippen LogP contribution in [-0.4, -0.2) is 26.2 Å². The summed E-state index contributed by atoms with van der Waals surface area (Å²) in [6, 6.07) is 12.6. The number of sulfonamides is 1. The maximum absolute atomic E-state index is 12.6. The van der Waals surface area contributed by atoms with Gasteiger partial charge in [0.2, 0.25) is 0 Å². The third kappa shape index (κ3) is 3.26. The van der Waals surface area contributed by atoms with E-state index in [-0.39, 0.29) is 10.8 Å². The predicted molar refractivity (Wildman–Crippen MR) is 110 cm³/mol. The summed E-state index contributed by atoms with van der Waals surface area (Å²) >= 11 is 0. The maximum atomic E-state index is 12.6. The SMILES string of the molecule is COc1ccc2[nH]c3c(c2c1)CCC(C)/C3=N/NS(=O)(=O)c1ccc(C)cc1. The van der Waals surface area contributed by atoms with Gasteiger partial charge in [0, 0.05) is 16.8 Å². The highest BCUT2D eigenvalue weighted by Gasteiger charge is 2.27. The lowest BCUT2D eigenvalue weighted by Gasteiger charge is -2.21. The summed E-state index contributed by atoms with van der Waals surface area (Å²) in [5.41, 5.74) is 4.78. The molecule has 0 radical (unpaired) electrons. The van der Waals surface area contributed by atoms with E-state index in [1.54, 1.807) is 31.4 Å². The zero-order valence-corrected chi connectivity index (χ0v) is 16.9. The molecule has 7 heteroatoms. The van der Waals surface area contributed by atoms with Crippen LogP contribution in [0.15, 0.2) is 52.5 Å². The number of aromatic amines is 1. The van der Waals surface area contributed by atoms with Crippen LogP contribution in [0.25, 0.3) is 10.9 Å². The minimum absolute atomic E-state index is 0.142. The number of methoxy groups -OCH3 is 1. The van der Waals surface area contributed by atoms with Crippen LogP contribution < -0.4 is 9.57 Å². The highest BCUT2D eigenvalue weighted by Crippen LogP contribution is 2.33. The van der Waals surface area contributed by atoms with Crippen LogP contribution in [0, 0.1) is 12.8 Å². The van der Waals surface area contributed by atoms with E-state index in [1.165, 1.54) is 0 Å². The van der Waals surface area contributed by atoms with Crippen molar-refractivity contribution in [2.75, 3.05) is 7.11 Å². The molecular formula is C21H23N3O3S. The summed E-state index contributed by atoms with van der Waals surface area (Å²) in [5, 5.41) is 5.42. The van der Waals surface area contributed by atoms with E-state index in [0.717, 1.165) is 52.0 Å². The molecule has 1 heterocycles. The summed E-state index contributed by atoms with van der Waals surface area (Å²) < 4.78 is 30.6. The van der Waals surface area contributed by atoms with Crippen molar-refractivity contribution in [2.24, 2.45) is 11.0 Å². The van der Waals surface area contributed by atoms with Crippen LogP contribution in [0.5, 0.6) is 5.75 Å². The molecule has 146 valence electrons. The molecule has 0 fully saturated rings. The Kier molecular flexibility index (Phi) is 4.63. The largest absolute Gasteiger partial charge is 0.497 e. The van der Waals surface area contributed by atoms with Crippen LogP contribution in [0.1, 0.15) is 30.2 Å².